The van der Waals surface area contributed by atoms with Crippen molar-refractivity contribution in [3.63, 3.8) is 0 Å². The van der Waals surface area contributed by atoms with Crippen molar-refractivity contribution in [3.05, 3.63) is 58.4 Å². The Morgan fingerprint density at radius 2 is 1.79 bits per heavy atom. The highest BCUT2D eigenvalue weighted by Gasteiger charge is 2.64. The van der Waals surface area contributed by atoms with Crippen LogP contribution in [-0.4, -0.2) is 37.2 Å². The Kier molecular flexibility index (Phi) is 6.19. The van der Waals surface area contributed by atoms with Gasteiger partial charge in [-0.05, 0) is 85.0 Å². The predicted octanol–water partition coefficient (Wildman–Crippen LogP) is 6.97. The molecule has 2 N–H and O–H groups in total. The highest BCUT2D eigenvalue weighted by Crippen LogP contribution is 2.63. The van der Waals surface area contributed by atoms with Gasteiger partial charge in [-0.2, -0.15) is 0 Å². The van der Waals surface area contributed by atoms with Crippen LogP contribution in [0.15, 0.2) is 46.4 Å². The highest BCUT2D eigenvalue weighted by molar-refractivity contribution is 6.30. The van der Waals surface area contributed by atoms with Crippen molar-refractivity contribution >= 4 is 23.1 Å². The maximum absolute atomic E-state index is 14.8. The van der Waals surface area contributed by atoms with Crippen molar-refractivity contribution in [3.8, 4) is 11.1 Å². The van der Waals surface area contributed by atoms with Crippen molar-refractivity contribution in [2.45, 2.75) is 69.4 Å². The van der Waals surface area contributed by atoms with Gasteiger partial charge >= 0.3 is 0 Å². The molecule has 2 aromatic carbocycles. The third-order valence-corrected chi connectivity index (χ3v) is 9.82. The first-order valence-electron chi connectivity index (χ1n) is 13.5. The Bertz CT molecular complexity index is 1310. The van der Waals surface area contributed by atoms with Gasteiger partial charge in [-0.1, -0.05) is 30.7 Å². The normalized spacial score (nSPS) is 33.9. The van der Waals surface area contributed by atoms with Crippen molar-refractivity contribution < 1.29 is 17.9 Å². The Balaban J connectivity index is 1.60. The molecule has 2 heterocycles. The van der Waals surface area contributed by atoms with Gasteiger partial charge in [0.05, 0.1) is 11.9 Å². The summed E-state index contributed by atoms with van der Waals surface area (Å²) in [5.41, 5.74) is 9.67. The molecule has 1 fully saturated rings. The molecular weight excluding hydrogens is 511 g/mol. The predicted molar refractivity (Wildman–Crippen MR) is 145 cm³/mol. The van der Waals surface area contributed by atoms with Crippen LogP contribution in [-0.2, 0) is 16.7 Å². The number of fused-ring (bicyclic) bond motifs is 5. The molecule has 8 heteroatoms. The number of halogens is 4. The topological polar surface area (TPSA) is 60.0 Å². The van der Waals surface area contributed by atoms with Gasteiger partial charge in [0, 0.05) is 41.5 Å². The molecule has 2 spiro atoms. The Morgan fingerprint density at radius 1 is 1.03 bits per heavy atom. The summed E-state index contributed by atoms with van der Waals surface area (Å²) in [5, 5.41) is 0.314. The van der Waals surface area contributed by atoms with Gasteiger partial charge < -0.3 is 10.5 Å². The van der Waals surface area contributed by atoms with Crippen molar-refractivity contribution in [2.24, 2.45) is 33.0 Å². The summed E-state index contributed by atoms with van der Waals surface area (Å²) in [5.74, 6) is -3.16. The zero-order valence-electron chi connectivity index (χ0n) is 21.7. The van der Waals surface area contributed by atoms with Crippen LogP contribution in [0.25, 0.3) is 11.1 Å². The lowest BCUT2D eigenvalue weighted by molar-refractivity contribution is 0.000597. The summed E-state index contributed by atoms with van der Waals surface area (Å²) in [7, 11) is 1.74. The lowest BCUT2D eigenvalue weighted by atomic mass is 9.56. The van der Waals surface area contributed by atoms with Crippen LogP contribution >= 0.6 is 11.6 Å². The van der Waals surface area contributed by atoms with E-state index in [9.17, 15) is 13.2 Å². The first-order chi connectivity index (χ1) is 18.1. The van der Waals surface area contributed by atoms with E-state index < -0.39 is 23.8 Å². The number of methoxy groups -OCH3 is 1. The summed E-state index contributed by atoms with van der Waals surface area (Å²) < 4.78 is 49.5. The van der Waals surface area contributed by atoms with E-state index in [1.807, 2.05) is 19.1 Å². The molecule has 3 atom stereocenters. The van der Waals surface area contributed by atoms with Crippen molar-refractivity contribution in [1.82, 2.24) is 0 Å². The second-order valence-corrected chi connectivity index (χ2v) is 12.1. The number of rotatable bonds is 2. The highest BCUT2D eigenvalue weighted by atomic mass is 35.5. The SMILES string of the molecule is COC1CCC2(CC1)Cc1ccc(-c3cc(F)cc(Cl)c3)cc1C21N=C(N)C(C)C2CCC(F)(F)CN=C21. The Morgan fingerprint density at radius 3 is 2.50 bits per heavy atom. The molecule has 0 aromatic heterocycles. The molecule has 2 aromatic rings. The number of nitrogens with two attached hydrogens (primary N) is 1. The minimum Gasteiger partial charge on any atom is -0.387 e. The fourth-order valence-corrected chi connectivity index (χ4v) is 7.80. The van der Waals surface area contributed by atoms with E-state index >= 15 is 0 Å². The molecule has 1 saturated carbocycles. The first-order valence-corrected chi connectivity index (χ1v) is 13.9. The Labute approximate surface area is 226 Å². The van der Waals surface area contributed by atoms with Gasteiger partial charge in [0.2, 0.25) is 0 Å². The van der Waals surface area contributed by atoms with Gasteiger partial charge in [0.1, 0.15) is 17.9 Å². The standard InChI is InChI=1S/C30H33ClF3N3O/c1-17-24-7-10-29(33,34)16-36-26(24)30(37-27(17)35)25-13-18(20-11-21(31)14-22(32)12-20)3-4-19(25)15-28(30)8-5-23(38-2)6-9-28/h3-4,11-14,17,23-24H,5-10,15-16H2,1-2H3,(H2,35,37). The summed E-state index contributed by atoms with van der Waals surface area (Å²) >= 11 is 6.19. The number of hydrogen-bond donors (Lipinski definition) is 1. The molecule has 4 nitrogen and oxygen atoms in total. The summed E-state index contributed by atoms with van der Waals surface area (Å²) in [6.07, 6.45) is 4.39. The molecule has 2 aliphatic heterocycles. The molecule has 3 unspecified atom stereocenters. The number of aliphatic imine (C=N–C) groups is 2. The van der Waals surface area contributed by atoms with Crippen LogP contribution in [0.5, 0.6) is 0 Å². The minimum absolute atomic E-state index is 0.159. The lowest BCUT2D eigenvalue weighted by Gasteiger charge is -2.52. The van der Waals surface area contributed by atoms with Crippen LogP contribution in [0.3, 0.4) is 0 Å². The second-order valence-electron chi connectivity index (χ2n) is 11.7. The number of ether oxygens (including phenoxy) is 1. The number of nitrogens with zero attached hydrogens (tertiary/aromatic N) is 2. The van der Waals surface area contributed by atoms with E-state index in [-0.39, 0.29) is 29.8 Å². The molecule has 0 radical (unpaired) electrons. The number of hydrogen-bond acceptors (Lipinski definition) is 4. The third kappa shape index (κ3) is 3.91. The van der Waals surface area contributed by atoms with Crippen LogP contribution in [0, 0.1) is 23.1 Å². The zero-order valence-corrected chi connectivity index (χ0v) is 22.5. The zero-order chi connectivity index (χ0) is 26.9. The molecule has 0 bridgehead atoms. The molecule has 2 aliphatic carbocycles. The van der Waals surface area contributed by atoms with E-state index in [4.69, 9.17) is 32.1 Å². The molecular formula is C30H33ClF3N3O. The van der Waals surface area contributed by atoms with E-state index in [1.165, 1.54) is 12.1 Å². The lowest BCUT2D eigenvalue weighted by Crippen LogP contribution is -2.57. The van der Waals surface area contributed by atoms with Gasteiger partial charge in [-0.3, -0.25) is 9.98 Å². The van der Waals surface area contributed by atoms with Gasteiger partial charge in [-0.25, -0.2) is 13.2 Å². The van der Waals surface area contributed by atoms with Crippen LogP contribution in [0.2, 0.25) is 5.02 Å². The van der Waals surface area contributed by atoms with E-state index in [2.05, 4.69) is 6.07 Å². The maximum Gasteiger partial charge on any atom is 0.267 e. The number of benzene rings is 2. The average molecular weight is 544 g/mol. The molecule has 0 saturated heterocycles. The summed E-state index contributed by atoms with van der Waals surface area (Å²) in [4.78, 5) is 10.0. The number of alkyl halides is 2. The smallest absolute Gasteiger partial charge is 0.267 e. The third-order valence-electron chi connectivity index (χ3n) is 9.61. The number of amidine groups is 1. The van der Waals surface area contributed by atoms with Gasteiger partial charge in [0.15, 0.2) is 0 Å². The quantitative estimate of drug-likeness (QED) is 0.445. The van der Waals surface area contributed by atoms with Gasteiger partial charge in [-0.15, -0.1) is 0 Å². The second kappa shape index (κ2) is 9.09. The van der Waals surface area contributed by atoms with E-state index in [0.717, 1.165) is 54.5 Å². The van der Waals surface area contributed by atoms with Crippen LogP contribution in [0.1, 0.15) is 56.6 Å². The van der Waals surface area contributed by atoms with Crippen LogP contribution in [0.4, 0.5) is 13.2 Å². The molecule has 6 rings (SSSR count). The first kappa shape index (κ1) is 25.9. The largest absolute Gasteiger partial charge is 0.387 e. The minimum atomic E-state index is -2.86. The average Bonchev–Trinajstić information content (AvgIpc) is 3.00. The molecule has 0 amide bonds. The Hall–Kier alpha value is -2.38. The maximum atomic E-state index is 14.8. The van der Waals surface area contributed by atoms with Crippen LogP contribution < -0.4 is 5.73 Å². The fraction of sp³-hybridized carbons (Fsp3) is 0.533. The van der Waals surface area contributed by atoms with Gasteiger partial charge in [0.25, 0.3) is 5.92 Å². The van der Waals surface area contributed by atoms with Crippen molar-refractivity contribution in [2.75, 3.05) is 13.7 Å². The summed E-state index contributed by atoms with van der Waals surface area (Å²) in [6, 6.07) is 10.6. The molecule has 4 aliphatic rings. The van der Waals surface area contributed by atoms with E-state index in [0.29, 0.717) is 22.8 Å². The molecule has 38 heavy (non-hydrogen) atoms. The fourth-order valence-electron chi connectivity index (χ4n) is 7.58. The van der Waals surface area contributed by atoms with E-state index in [1.54, 1.807) is 13.2 Å². The summed E-state index contributed by atoms with van der Waals surface area (Å²) in [6.45, 7) is 1.44. The molecule has 202 valence electrons. The monoisotopic (exact) mass is 543 g/mol. The van der Waals surface area contributed by atoms with Crippen molar-refractivity contribution in [1.29, 1.82) is 0 Å².